The van der Waals surface area contributed by atoms with Crippen LogP contribution in [0.2, 0.25) is 0 Å². The van der Waals surface area contributed by atoms with E-state index < -0.39 is 0 Å². The van der Waals surface area contributed by atoms with Crippen molar-refractivity contribution in [1.82, 2.24) is 15.0 Å². The summed E-state index contributed by atoms with van der Waals surface area (Å²) in [6.45, 7) is 2.13. The molecule has 2 aromatic heterocycles. The average molecular weight is 279 g/mol. The summed E-state index contributed by atoms with van der Waals surface area (Å²) in [5.41, 5.74) is 3.52. The van der Waals surface area contributed by atoms with Crippen LogP contribution < -0.4 is 5.56 Å². The van der Waals surface area contributed by atoms with E-state index in [0.717, 1.165) is 46.9 Å². The lowest BCUT2D eigenvalue weighted by atomic mass is 9.95. The zero-order chi connectivity index (χ0) is 14.7. The van der Waals surface area contributed by atoms with Gasteiger partial charge in [-0.15, -0.1) is 0 Å². The minimum atomic E-state index is -0.0130. The van der Waals surface area contributed by atoms with E-state index in [0.29, 0.717) is 0 Å². The van der Waals surface area contributed by atoms with E-state index in [1.54, 1.807) is 12.4 Å². The van der Waals surface area contributed by atoms with Crippen LogP contribution in [0.25, 0.3) is 22.0 Å². The number of rotatable bonds is 4. The van der Waals surface area contributed by atoms with Gasteiger partial charge in [0.15, 0.2) is 0 Å². The van der Waals surface area contributed by atoms with Crippen molar-refractivity contribution >= 4 is 10.9 Å². The molecule has 0 saturated carbocycles. The highest BCUT2D eigenvalue weighted by molar-refractivity contribution is 5.95. The number of H-pyrrole nitrogens is 1. The SMILES string of the molecule is CCCCc1c(-c2cncnc2)c2ccccc2[nH]c1=O. The highest BCUT2D eigenvalue weighted by atomic mass is 16.1. The number of unbranched alkanes of at least 4 members (excludes halogenated alkanes) is 1. The van der Waals surface area contributed by atoms with E-state index in [1.807, 2.05) is 24.3 Å². The minimum Gasteiger partial charge on any atom is -0.322 e. The first-order chi connectivity index (χ1) is 10.3. The van der Waals surface area contributed by atoms with Crippen molar-refractivity contribution in [3.63, 3.8) is 0 Å². The van der Waals surface area contributed by atoms with Gasteiger partial charge >= 0.3 is 0 Å². The number of aromatic amines is 1. The highest BCUT2D eigenvalue weighted by Gasteiger charge is 2.14. The van der Waals surface area contributed by atoms with Crippen LogP contribution in [0, 0.1) is 0 Å². The quantitative estimate of drug-likeness (QED) is 0.797. The van der Waals surface area contributed by atoms with E-state index in [9.17, 15) is 4.79 Å². The molecule has 0 radical (unpaired) electrons. The predicted molar refractivity (Wildman–Crippen MR) is 84.2 cm³/mol. The minimum absolute atomic E-state index is 0.0130. The monoisotopic (exact) mass is 279 g/mol. The maximum absolute atomic E-state index is 12.4. The molecule has 1 aromatic carbocycles. The molecule has 0 aliphatic heterocycles. The third kappa shape index (κ3) is 2.57. The zero-order valence-electron chi connectivity index (χ0n) is 12.0. The van der Waals surface area contributed by atoms with Gasteiger partial charge < -0.3 is 4.98 Å². The van der Waals surface area contributed by atoms with Crippen molar-refractivity contribution in [3.8, 4) is 11.1 Å². The smallest absolute Gasteiger partial charge is 0.252 e. The molecule has 0 saturated heterocycles. The summed E-state index contributed by atoms with van der Waals surface area (Å²) in [5.74, 6) is 0. The van der Waals surface area contributed by atoms with Crippen LogP contribution in [-0.2, 0) is 6.42 Å². The molecule has 0 spiro atoms. The van der Waals surface area contributed by atoms with Gasteiger partial charge in [-0.1, -0.05) is 31.5 Å². The number of nitrogens with one attached hydrogen (secondary N) is 1. The molecule has 3 aromatic rings. The van der Waals surface area contributed by atoms with Crippen LogP contribution in [-0.4, -0.2) is 15.0 Å². The van der Waals surface area contributed by atoms with Gasteiger partial charge in [0.2, 0.25) is 0 Å². The molecule has 0 unspecified atom stereocenters. The summed E-state index contributed by atoms with van der Waals surface area (Å²) >= 11 is 0. The number of nitrogens with zero attached hydrogens (tertiary/aromatic N) is 2. The Kier molecular flexibility index (Phi) is 3.77. The molecule has 0 bridgehead atoms. The topological polar surface area (TPSA) is 58.6 Å². The lowest BCUT2D eigenvalue weighted by molar-refractivity contribution is 0.789. The third-order valence-corrected chi connectivity index (χ3v) is 3.65. The number of benzene rings is 1. The lowest BCUT2D eigenvalue weighted by Crippen LogP contribution is -2.14. The van der Waals surface area contributed by atoms with E-state index in [2.05, 4.69) is 21.9 Å². The molecule has 21 heavy (non-hydrogen) atoms. The van der Waals surface area contributed by atoms with Crippen LogP contribution in [0.5, 0.6) is 0 Å². The Morgan fingerprint density at radius 2 is 1.90 bits per heavy atom. The lowest BCUT2D eigenvalue weighted by Gasteiger charge is -2.12. The molecule has 0 aliphatic carbocycles. The summed E-state index contributed by atoms with van der Waals surface area (Å²) in [6, 6.07) is 7.86. The Morgan fingerprint density at radius 1 is 1.14 bits per heavy atom. The largest absolute Gasteiger partial charge is 0.322 e. The second kappa shape index (κ2) is 5.87. The molecule has 4 heteroatoms. The third-order valence-electron chi connectivity index (χ3n) is 3.65. The Hall–Kier alpha value is -2.49. The summed E-state index contributed by atoms with van der Waals surface area (Å²) in [5, 5.41) is 1.04. The fraction of sp³-hybridized carbons (Fsp3) is 0.235. The summed E-state index contributed by atoms with van der Waals surface area (Å²) in [4.78, 5) is 23.6. The number of hydrogen-bond acceptors (Lipinski definition) is 3. The van der Waals surface area contributed by atoms with Crippen LogP contribution in [0.1, 0.15) is 25.3 Å². The Balaban J connectivity index is 2.33. The second-order valence-corrected chi connectivity index (χ2v) is 5.08. The zero-order valence-corrected chi connectivity index (χ0v) is 12.0. The predicted octanol–water partition coefficient (Wildman–Crippen LogP) is 3.33. The molecular weight excluding hydrogens is 262 g/mol. The summed E-state index contributed by atoms with van der Waals surface area (Å²) in [7, 11) is 0. The normalized spacial score (nSPS) is 10.9. The molecule has 106 valence electrons. The van der Waals surface area contributed by atoms with Gasteiger partial charge in [0.25, 0.3) is 5.56 Å². The molecule has 3 rings (SSSR count). The van der Waals surface area contributed by atoms with Gasteiger partial charge in [0.05, 0.1) is 0 Å². The highest BCUT2D eigenvalue weighted by Crippen LogP contribution is 2.29. The van der Waals surface area contributed by atoms with E-state index in [1.165, 1.54) is 6.33 Å². The van der Waals surface area contributed by atoms with Crippen molar-refractivity contribution in [3.05, 3.63) is 58.9 Å². The maximum atomic E-state index is 12.4. The molecule has 4 nitrogen and oxygen atoms in total. The van der Waals surface area contributed by atoms with E-state index >= 15 is 0 Å². The van der Waals surface area contributed by atoms with Crippen molar-refractivity contribution in [2.24, 2.45) is 0 Å². The van der Waals surface area contributed by atoms with Gasteiger partial charge in [-0.3, -0.25) is 4.79 Å². The number of para-hydroxylation sites is 1. The van der Waals surface area contributed by atoms with Gasteiger partial charge in [0, 0.05) is 40.0 Å². The molecule has 0 atom stereocenters. The Bertz CT molecular complexity index is 809. The van der Waals surface area contributed by atoms with Crippen molar-refractivity contribution < 1.29 is 0 Å². The standard InChI is InChI=1S/C17H17N3O/c1-2-3-6-14-16(12-9-18-11-19-10-12)13-7-4-5-8-15(13)20-17(14)21/h4-5,7-11H,2-3,6H2,1H3,(H,20,21). The summed E-state index contributed by atoms with van der Waals surface area (Å²) in [6.07, 6.45) is 7.85. The second-order valence-electron chi connectivity index (χ2n) is 5.08. The van der Waals surface area contributed by atoms with Crippen molar-refractivity contribution in [1.29, 1.82) is 0 Å². The number of fused-ring (bicyclic) bond motifs is 1. The molecular formula is C17H17N3O. The molecule has 0 amide bonds. The Morgan fingerprint density at radius 3 is 2.67 bits per heavy atom. The van der Waals surface area contributed by atoms with Crippen LogP contribution in [0.15, 0.2) is 47.8 Å². The molecule has 0 aliphatic rings. The first kappa shape index (κ1) is 13.5. The van der Waals surface area contributed by atoms with Gasteiger partial charge in [-0.25, -0.2) is 9.97 Å². The number of hydrogen-bond donors (Lipinski definition) is 1. The van der Waals surface area contributed by atoms with Crippen LogP contribution in [0.3, 0.4) is 0 Å². The van der Waals surface area contributed by atoms with Crippen LogP contribution in [0.4, 0.5) is 0 Å². The van der Waals surface area contributed by atoms with Crippen molar-refractivity contribution in [2.45, 2.75) is 26.2 Å². The maximum Gasteiger partial charge on any atom is 0.252 e. The van der Waals surface area contributed by atoms with Gasteiger partial charge in [0.1, 0.15) is 6.33 Å². The molecule has 2 heterocycles. The van der Waals surface area contributed by atoms with E-state index in [-0.39, 0.29) is 5.56 Å². The first-order valence-corrected chi connectivity index (χ1v) is 7.20. The van der Waals surface area contributed by atoms with Crippen LogP contribution >= 0.6 is 0 Å². The molecule has 0 fully saturated rings. The average Bonchev–Trinajstić information content (AvgIpc) is 2.53. The number of aromatic nitrogens is 3. The summed E-state index contributed by atoms with van der Waals surface area (Å²) < 4.78 is 0. The fourth-order valence-corrected chi connectivity index (χ4v) is 2.63. The van der Waals surface area contributed by atoms with Crippen molar-refractivity contribution in [2.75, 3.05) is 0 Å². The van der Waals surface area contributed by atoms with E-state index in [4.69, 9.17) is 0 Å². The fourth-order valence-electron chi connectivity index (χ4n) is 2.63. The first-order valence-electron chi connectivity index (χ1n) is 7.20. The Labute approximate surface area is 122 Å². The molecule has 1 N–H and O–H groups in total. The number of pyridine rings is 1. The van der Waals surface area contributed by atoms with Gasteiger partial charge in [-0.2, -0.15) is 0 Å². The van der Waals surface area contributed by atoms with Gasteiger partial charge in [-0.05, 0) is 18.9 Å².